The number of hydrogen-bond acceptors (Lipinski definition) is 3. The van der Waals surface area contributed by atoms with Gasteiger partial charge in [0.15, 0.2) is 0 Å². The molecule has 0 aliphatic heterocycles. The molecule has 1 aliphatic carbocycles. The van der Waals surface area contributed by atoms with E-state index < -0.39 is 0 Å². The van der Waals surface area contributed by atoms with Crippen LogP contribution in [0, 0.1) is 5.92 Å². The highest BCUT2D eigenvalue weighted by atomic mass is 35.5. The van der Waals surface area contributed by atoms with Crippen LogP contribution < -0.4 is 15.4 Å². The second-order valence-corrected chi connectivity index (χ2v) is 5.31. The van der Waals surface area contributed by atoms with Crippen molar-refractivity contribution in [3.8, 4) is 5.75 Å². The molecular weight excluding hydrogens is 276 g/mol. The van der Waals surface area contributed by atoms with Crippen LogP contribution in [0.2, 0.25) is 0 Å². The minimum absolute atomic E-state index is 0. The zero-order chi connectivity index (χ0) is 13.7. The van der Waals surface area contributed by atoms with E-state index >= 15 is 0 Å². The highest BCUT2D eigenvalue weighted by Gasteiger charge is 2.20. The van der Waals surface area contributed by atoms with Gasteiger partial charge in [-0.25, -0.2) is 0 Å². The van der Waals surface area contributed by atoms with Gasteiger partial charge in [0, 0.05) is 5.69 Å². The molecule has 2 rings (SSSR count). The molecule has 112 valence electrons. The Kier molecular flexibility index (Phi) is 6.82. The predicted molar refractivity (Wildman–Crippen MR) is 83.7 cm³/mol. The first kappa shape index (κ1) is 16.8. The Labute approximate surface area is 126 Å². The van der Waals surface area contributed by atoms with E-state index in [0.717, 1.165) is 23.9 Å². The van der Waals surface area contributed by atoms with Crippen molar-refractivity contribution in [2.75, 3.05) is 18.4 Å². The fourth-order valence-electron chi connectivity index (χ4n) is 1.81. The molecule has 0 atom stereocenters. The average molecular weight is 299 g/mol. The lowest BCUT2D eigenvalue weighted by molar-refractivity contribution is -0.115. The summed E-state index contributed by atoms with van der Waals surface area (Å²) in [6.45, 7) is 5.30. The SMILES string of the molecule is CC(C)Oc1ccc(NC(=O)CNCC2CC2)cc1.Cl. The summed E-state index contributed by atoms with van der Waals surface area (Å²) in [5.74, 6) is 1.61. The summed E-state index contributed by atoms with van der Waals surface area (Å²) in [6.07, 6.45) is 2.75. The van der Waals surface area contributed by atoms with E-state index in [2.05, 4.69) is 10.6 Å². The molecule has 1 saturated carbocycles. The van der Waals surface area contributed by atoms with Crippen LogP contribution in [0.15, 0.2) is 24.3 Å². The van der Waals surface area contributed by atoms with Crippen LogP contribution in [0.25, 0.3) is 0 Å². The lowest BCUT2D eigenvalue weighted by Crippen LogP contribution is -2.29. The second kappa shape index (κ2) is 8.12. The Morgan fingerprint density at radius 3 is 2.50 bits per heavy atom. The van der Waals surface area contributed by atoms with Crippen molar-refractivity contribution in [1.29, 1.82) is 0 Å². The molecule has 0 spiro atoms. The molecule has 0 bridgehead atoms. The minimum Gasteiger partial charge on any atom is -0.491 e. The molecule has 2 N–H and O–H groups in total. The smallest absolute Gasteiger partial charge is 0.238 e. The number of amides is 1. The van der Waals surface area contributed by atoms with Gasteiger partial charge < -0.3 is 15.4 Å². The van der Waals surface area contributed by atoms with Gasteiger partial charge in [-0.1, -0.05) is 0 Å². The Morgan fingerprint density at radius 2 is 1.95 bits per heavy atom. The first-order valence-electron chi connectivity index (χ1n) is 6.91. The number of anilines is 1. The van der Waals surface area contributed by atoms with Gasteiger partial charge >= 0.3 is 0 Å². The van der Waals surface area contributed by atoms with Crippen LogP contribution in [-0.2, 0) is 4.79 Å². The van der Waals surface area contributed by atoms with Crippen LogP contribution in [-0.4, -0.2) is 25.1 Å². The summed E-state index contributed by atoms with van der Waals surface area (Å²) in [4.78, 5) is 11.7. The fraction of sp³-hybridized carbons (Fsp3) is 0.533. The molecule has 20 heavy (non-hydrogen) atoms. The van der Waals surface area contributed by atoms with Gasteiger partial charge in [0.25, 0.3) is 0 Å². The zero-order valence-corrected chi connectivity index (χ0v) is 12.8. The molecular formula is C15H23ClN2O2. The minimum atomic E-state index is -0.00169. The summed E-state index contributed by atoms with van der Waals surface area (Å²) in [6, 6.07) is 7.45. The number of nitrogens with one attached hydrogen (secondary N) is 2. The molecule has 0 radical (unpaired) electrons. The average Bonchev–Trinajstić information content (AvgIpc) is 3.15. The highest BCUT2D eigenvalue weighted by Crippen LogP contribution is 2.27. The van der Waals surface area contributed by atoms with Gasteiger partial charge in [0.2, 0.25) is 5.91 Å². The van der Waals surface area contributed by atoms with E-state index in [1.807, 2.05) is 38.1 Å². The maximum atomic E-state index is 11.7. The van der Waals surface area contributed by atoms with E-state index in [9.17, 15) is 4.79 Å². The first-order chi connectivity index (χ1) is 9.13. The number of hydrogen-bond donors (Lipinski definition) is 2. The summed E-state index contributed by atoms with van der Waals surface area (Å²) < 4.78 is 5.55. The van der Waals surface area contributed by atoms with Crippen LogP contribution in [0.4, 0.5) is 5.69 Å². The molecule has 1 aromatic carbocycles. The van der Waals surface area contributed by atoms with Crippen molar-refractivity contribution in [3.05, 3.63) is 24.3 Å². The third-order valence-corrected chi connectivity index (χ3v) is 2.93. The van der Waals surface area contributed by atoms with E-state index in [4.69, 9.17) is 4.74 Å². The van der Waals surface area contributed by atoms with Gasteiger partial charge in [0.1, 0.15) is 5.75 Å². The zero-order valence-electron chi connectivity index (χ0n) is 12.0. The van der Waals surface area contributed by atoms with E-state index in [0.29, 0.717) is 6.54 Å². The van der Waals surface area contributed by atoms with Gasteiger partial charge in [0.05, 0.1) is 12.6 Å². The standard InChI is InChI=1S/C15H22N2O2.ClH/c1-11(2)19-14-7-5-13(6-8-14)17-15(18)10-16-9-12-3-4-12;/h5-8,11-12,16H,3-4,9-10H2,1-2H3,(H,17,18);1H. The van der Waals surface area contributed by atoms with E-state index in [1.54, 1.807) is 0 Å². The molecule has 4 nitrogen and oxygen atoms in total. The molecule has 1 fully saturated rings. The Hall–Kier alpha value is -1.26. The number of carbonyl (C=O) groups excluding carboxylic acids is 1. The van der Waals surface area contributed by atoms with Crippen molar-refractivity contribution >= 4 is 24.0 Å². The van der Waals surface area contributed by atoms with Crippen molar-refractivity contribution in [2.24, 2.45) is 5.92 Å². The maximum Gasteiger partial charge on any atom is 0.238 e. The topological polar surface area (TPSA) is 50.4 Å². The van der Waals surface area contributed by atoms with Crippen molar-refractivity contribution in [3.63, 3.8) is 0 Å². The molecule has 5 heteroatoms. The second-order valence-electron chi connectivity index (χ2n) is 5.31. The van der Waals surface area contributed by atoms with Crippen LogP contribution in [0.1, 0.15) is 26.7 Å². The van der Waals surface area contributed by atoms with Gasteiger partial charge in [-0.15, -0.1) is 12.4 Å². The van der Waals surface area contributed by atoms with Crippen molar-refractivity contribution in [2.45, 2.75) is 32.8 Å². The van der Waals surface area contributed by atoms with Crippen molar-refractivity contribution in [1.82, 2.24) is 5.32 Å². The normalized spacial score (nSPS) is 13.8. The van der Waals surface area contributed by atoms with E-state index in [-0.39, 0.29) is 24.4 Å². The van der Waals surface area contributed by atoms with Gasteiger partial charge in [-0.05, 0) is 63.4 Å². The van der Waals surface area contributed by atoms with Crippen LogP contribution in [0.5, 0.6) is 5.75 Å². The summed E-state index contributed by atoms with van der Waals surface area (Å²) in [5.41, 5.74) is 0.800. The Bertz CT molecular complexity index is 416. The summed E-state index contributed by atoms with van der Waals surface area (Å²) in [7, 11) is 0. The third-order valence-electron chi connectivity index (χ3n) is 2.93. The number of rotatable bonds is 7. The molecule has 0 heterocycles. The number of ether oxygens (including phenoxy) is 1. The highest BCUT2D eigenvalue weighted by molar-refractivity contribution is 5.92. The van der Waals surface area contributed by atoms with Crippen LogP contribution >= 0.6 is 12.4 Å². The molecule has 0 unspecified atom stereocenters. The maximum absolute atomic E-state index is 11.7. The number of carbonyl (C=O) groups is 1. The number of benzene rings is 1. The lowest BCUT2D eigenvalue weighted by Gasteiger charge is -2.10. The number of halogens is 1. The van der Waals surface area contributed by atoms with Crippen molar-refractivity contribution < 1.29 is 9.53 Å². The Balaban J connectivity index is 0.00000200. The summed E-state index contributed by atoms with van der Waals surface area (Å²) in [5, 5.41) is 6.03. The first-order valence-corrected chi connectivity index (χ1v) is 6.91. The van der Waals surface area contributed by atoms with Gasteiger partial charge in [-0.3, -0.25) is 4.79 Å². The monoisotopic (exact) mass is 298 g/mol. The largest absolute Gasteiger partial charge is 0.491 e. The van der Waals surface area contributed by atoms with Crippen LogP contribution in [0.3, 0.4) is 0 Å². The van der Waals surface area contributed by atoms with E-state index in [1.165, 1.54) is 12.8 Å². The fourth-order valence-corrected chi connectivity index (χ4v) is 1.81. The third kappa shape index (κ3) is 6.26. The lowest BCUT2D eigenvalue weighted by atomic mass is 10.3. The van der Waals surface area contributed by atoms with Gasteiger partial charge in [-0.2, -0.15) is 0 Å². The molecule has 1 aromatic rings. The molecule has 1 amide bonds. The summed E-state index contributed by atoms with van der Waals surface area (Å²) >= 11 is 0. The molecule has 0 aromatic heterocycles. The molecule has 0 saturated heterocycles. The quantitative estimate of drug-likeness (QED) is 0.814. The predicted octanol–water partition coefficient (Wildman–Crippen LogP) is 2.83. The Morgan fingerprint density at radius 1 is 1.30 bits per heavy atom. The molecule has 1 aliphatic rings.